The molecule has 1 aliphatic heterocycles. The Morgan fingerprint density at radius 2 is 1.96 bits per heavy atom. The lowest BCUT2D eigenvalue weighted by Crippen LogP contribution is -2.43. The zero-order chi connectivity index (χ0) is 18.1. The molecule has 7 nitrogen and oxygen atoms in total. The first-order chi connectivity index (χ1) is 12.2. The van der Waals surface area contributed by atoms with Crippen LogP contribution in [0, 0.1) is 5.92 Å². The van der Waals surface area contributed by atoms with Gasteiger partial charge in [0.25, 0.3) is 5.91 Å². The molecular weight excluding hydrogens is 320 g/mol. The molecule has 0 aromatic heterocycles. The van der Waals surface area contributed by atoms with Crippen LogP contribution >= 0.6 is 0 Å². The highest BCUT2D eigenvalue weighted by Gasteiger charge is 2.24. The van der Waals surface area contributed by atoms with Gasteiger partial charge in [0.05, 0.1) is 13.7 Å². The van der Waals surface area contributed by atoms with Crippen LogP contribution in [-0.4, -0.2) is 70.8 Å². The molecule has 1 unspecified atom stereocenters. The Bertz CT molecular complexity index is 574. The first-order valence-electron chi connectivity index (χ1n) is 8.54. The van der Waals surface area contributed by atoms with Crippen LogP contribution in [0.15, 0.2) is 29.3 Å². The molecule has 1 heterocycles. The van der Waals surface area contributed by atoms with Crippen LogP contribution in [0.2, 0.25) is 0 Å². The monoisotopic (exact) mass is 348 g/mol. The van der Waals surface area contributed by atoms with E-state index in [4.69, 9.17) is 9.47 Å². The molecule has 1 aliphatic rings. The lowest BCUT2D eigenvalue weighted by atomic mass is 10.1. The summed E-state index contributed by atoms with van der Waals surface area (Å²) in [5, 5.41) is 6.20. The van der Waals surface area contributed by atoms with Crippen LogP contribution in [0.3, 0.4) is 0 Å². The SMILES string of the molecule is CN=C(NCCNC(=O)c1ccc(OC)cc1)N1CCC(COC)C1. The normalized spacial score (nSPS) is 17.5. The van der Waals surface area contributed by atoms with Crippen molar-refractivity contribution < 1.29 is 14.3 Å². The number of amides is 1. The van der Waals surface area contributed by atoms with E-state index in [0.717, 1.165) is 37.8 Å². The summed E-state index contributed by atoms with van der Waals surface area (Å²) >= 11 is 0. The van der Waals surface area contributed by atoms with E-state index in [9.17, 15) is 4.79 Å². The summed E-state index contributed by atoms with van der Waals surface area (Å²) in [7, 11) is 5.12. The number of nitrogens with zero attached hydrogens (tertiary/aromatic N) is 2. The maximum atomic E-state index is 12.1. The number of benzene rings is 1. The van der Waals surface area contributed by atoms with Gasteiger partial charge in [-0.05, 0) is 30.7 Å². The highest BCUT2D eigenvalue weighted by atomic mass is 16.5. The van der Waals surface area contributed by atoms with E-state index in [1.54, 1.807) is 45.5 Å². The van der Waals surface area contributed by atoms with Crippen molar-refractivity contribution in [2.75, 3.05) is 54.1 Å². The lowest BCUT2D eigenvalue weighted by molar-refractivity contribution is 0.0954. The Morgan fingerprint density at radius 3 is 2.60 bits per heavy atom. The number of carbonyl (C=O) groups excluding carboxylic acids is 1. The maximum Gasteiger partial charge on any atom is 0.251 e. The molecule has 0 radical (unpaired) electrons. The maximum absolute atomic E-state index is 12.1. The van der Waals surface area contributed by atoms with Gasteiger partial charge in [0.2, 0.25) is 0 Å². The lowest BCUT2D eigenvalue weighted by Gasteiger charge is -2.21. The molecule has 1 saturated heterocycles. The highest BCUT2D eigenvalue weighted by Crippen LogP contribution is 2.16. The summed E-state index contributed by atoms with van der Waals surface area (Å²) in [6.45, 7) is 3.86. The van der Waals surface area contributed by atoms with Gasteiger partial charge in [-0.2, -0.15) is 0 Å². The quantitative estimate of drug-likeness (QED) is 0.436. The first kappa shape index (κ1) is 19.1. The predicted octanol–water partition coefficient (Wildman–Crippen LogP) is 0.969. The Kier molecular flexibility index (Phi) is 7.53. The topological polar surface area (TPSA) is 75.2 Å². The van der Waals surface area contributed by atoms with Crippen LogP contribution < -0.4 is 15.4 Å². The van der Waals surface area contributed by atoms with Crippen molar-refractivity contribution in [1.29, 1.82) is 0 Å². The number of nitrogens with one attached hydrogen (secondary N) is 2. The van der Waals surface area contributed by atoms with E-state index in [1.165, 1.54) is 0 Å². The molecule has 1 aromatic rings. The minimum atomic E-state index is -0.0965. The average Bonchev–Trinajstić information content (AvgIpc) is 3.10. The molecule has 2 N–H and O–H groups in total. The molecule has 1 fully saturated rings. The zero-order valence-electron chi connectivity index (χ0n) is 15.2. The molecule has 1 atom stereocenters. The highest BCUT2D eigenvalue weighted by molar-refractivity contribution is 5.94. The zero-order valence-corrected chi connectivity index (χ0v) is 15.2. The Morgan fingerprint density at radius 1 is 1.24 bits per heavy atom. The van der Waals surface area contributed by atoms with Crippen LogP contribution in [0.25, 0.3) is 0 Å². The minimum Gasteiger partial charge on any atom is -0.497 e. The van der Waals surface area contributed by atoms with Gasteiger partial charge in [-0.1, -0.05) is 0 Å². The van der Waals surface area contributed by atoms with Crippen LogP contribution in [0.1, 0.15) is 16.8 Å². The van der Waals surface area contributed by atoms with E-state index in [0.29, 0.717) is 24.6 Å². The fourth-order valence-electron chi connectivity index (χ4n) is 2.92. The van der Waals surface area contributed by atoms with E-state index >= 15 is 0 Å². The van der Waals surface area contributed by atoms with E-state index in [-0.39, 0.29) is 5.91 Å². The van der Waals surface area contributed by atoms with E-state index in [1.807, 2.05) is 0 Å². The largest absolute Gasteiger partial charge is 0.497 e. The molecule has 138 valence electrons. The van der Waals surface area contributed by atoms with Gasteiger partial charge >= 0.3 is 0 Å². The van der Waals surface area contributed by atoms with Crippen molar-refractivity contribution in [3.05, 3.63) is 29.8 Å². The van der Waals surface area contributed by atoms with Gasteiger partial charge in [0.15, 0.2) is 5.96 Å². The number of carbonyl (C=O) groups is 1. The van der Waals surface area contributed by atoms with Crippen molar-refractivity contribution in [3.63, 3.8) is 0 Å². The molecule has 2 rings (SSSR count). The first-order valence-corrected chi connectivity index (χ1v) is 8.54. The fraction of sp³-hybridized carbons (Fsp3) is 0.556. The summed E-state index contributed by atoms with van der Waals surface area (Å²) in [5.74, 6) is 2.07. The van der Waals surface area contributed by atoms with Gasteiger partial charge < -0.3 is 25.0 Å². The number of hydrogen-bond donors (Lipinski definition) is 2. The van der Waals surface area contributed by atoms with Crippen LogP contribution in [0.4, 0.5) is 0 Å². The van der Waals surface area contributed by atoms with Crippen molar-refractivity contribution >= 4 is 11.9 Å². The third-order valence-corrected chi connectivity index (χ3v) is 4.25. The van der Waals surface area contributed by atoms with Crippen LogP contribution in [0.5, 0.6) is 5.75 Å². The van der Waals surface area contributed by atoms with Gasteiger partial charge in [-0.3, -0.25) is 9.79 Å². The molecular formula is C18H28N4O3. The molecule has 7 heteroatoms. The van der Waals surface area contributed by atoms with Crippen molar-refractivity contribution in [2.45, 2.75) is 6.42 Å². The summed E-state index contributed by atoms with van der Waals surface area (Å²) in [4.78, 5) is 18.6. The summed E-state index contributed by atoms with van der Waals surface area (Å²) in [6.07, 6.45) is 1.11. The van der Waals surface area contributed by atoms with Gasteiger partial charge in [-0.15, -0.1) is 0 Å². The second-order valence-corrected chi connectivity index (χ2v) is 6.01. The number of guanidine groups is 1. The second kappa shape index (κ2) is 9.88. The Balaban J connectivity index is 1.71. The van der Waals surface area contributed by atoms with Crippen LogP contribution in [-0.2, 0) is 4.74 Å². The van der Waals surface area contributed by atoms with Crippen molar-refractivity contribution in [3.8, 4) is 5.75 Å². The summed E-state index contributed by atoms with van der Waals surface area (Å²) < 4.78 is 10.3. The molecule has 0 saturated carbocycles. The van der Waals surface area contributed by atoms with Crippen molar-refractivity contribution in [2.24, 2.45) is 10.9 Å². The Labute approximate surface area is 149 Å². The smallest absolute Gasteiger partial charge is 0.251 e. The molecule has 0 spiro atoms. The number of methoxy groups -OCH3 is 2. The number of rotatable bonds is 7. The fourth-order valence-corrected chi connectivity index (χ4v) is 2.92. The molecule has 0 aliphatic carbocycles. The minimum absolute atomic E-state index is 0.0965. The summed E-state index contributed by atoms with van der Waals surface area (Å²) in [5.41, 5.74) is 0.618. The second-order valence-electron chi connectivity index (χ2n) is 6.01. The van der Waals surface area contributed by atoms with Gasteiger partial charge in [0, 0.05) is 51.8 Å². The average molecular weight is 348 g/mol. The number of likely N-dealkylation sites (tertiary alicyclic amines) is 1. The van der Waals surface area contributed by atoms with E-state index in [2.05, 4.69) is 20.5 Å². The number of ether oxygens (including phenoxy) is 2. The summed E-state index contributed by atoms with van der Waals surface area (Å²) in [6, 6.07) is 7.05. The molecule has 0 bridgehead atoms. The number of hydrogen-bond acceptors (Lipinski definition) is 4. The third-order valence-electron chi connectivity index (χ3n) is 4.25. The van der Waals surface area contributed by atoms with Gasteiger partial charge in [0.1, 0.15) is 5.75 Å². The Hall–Kier alpha value is -2.28. The van der Waals surface area contributed by atoms with Crippen molar-refractivity contribution in [1.82, 2.24) is 15.5 Å². The van der Waals surface area contributed by atoms with Gasteiger partial charge in [-0.25, -0.2) is 0 Å². The third kappa shape index (κ3) is 5.63. The molecule has 1 aromatic carbocycles. The predicted molar refractivity (Wildman–Crippen MR) is 98.2 cm³/mol. The standard InChI is InChI=1S/C18H28N4O3/c1-19-18(22-11-8-14(12-22)13-24-2)21-10-9-20-17(23)15-4-6-16(25-3)7-5-15/h4-7,14H,8-13H2,1-3H3,(H,19,21)(H,20,23). The molecule has 1 amide bonds. The van der Waals surface area contributed by atoms with E-state index < -0.39 is 0 Å². The number of aliphatic imine (C=N–C) groups is 1. The molecule has 25 heavy (non-hydrogen) atoms.